The second kappa shape index (κ2) is 7.30. The summed E-state index contributed by atoms with van der Waals surface area (Å²) in [5.41, 5.74) is 2.32. The van der Waals surface area contributed by atoms with E-state index < -0.39 is 0 Å². The Bertz CT molecular complexity index is 429. The molecule has 0 fully saturated rings. The van der Waals surface area contributed by atoms with Crippen molar-refractivity contribution in [1.29, 1.82) is 0 Å². The molecule has 1 aromatic rings. The minimum Gasteiger partial charge on any atom is -0.383 e. The molecule has 1 aromatic carbocycles. The lowest BCUT2D eigenvalue weighted by molar-refractivity contribution is 0.183. The summed E-state index contributed by atoms with van der Waals surface area (Å²) in [7, 11) is 3.78. The average Bonchev–Trinajstić information content (AvgIpc) is 2.35. The molecule has 3 nitrogen and oxygen atoms in total. The number of likely N-dealkylation sites (N-methyl/N-ethyl adjacent to an activating group) is 1. The van der Waals surface area contributed by atoms with Gasteiger partial charge < -0.3 is 15.0 Å². The van der Waals surface area contributed by atoms with E-state index in [1.807, 2.05) is 6.07 Å². The maximum absolute atomic E-state index is 6.39. The van der Waals surface area contributed by atoms with Gasteiger partial charge in [-0.25, -0.2) is 0 Å². The smallest absolute Gasteiger partial charge is 0.0663 e. The zero-order valence-electron chi connectivity index (χ0n) is 13.5. The molecule has 1 atom stereocenters. The Balaban J connectivity index is 2.77. The van der Waals surface area contributed by atoms with Gasteiger partial charge in [-0.2, -0.15) is 0 Å². The van der Waals surface area contributed by atoms with Crippen molar-refractivity contribution in [2.75, 3.05) is 25.7 Å². The van der Waals surface area contributed by atoms with Crippen LogP contribution in [0.2, 0.25) is 5.02 Å². The van der Waals surface area contributed by atoms with Crippen LogP contribution in [0.5, 0.6) is 0 Å². The molecule has 0 aromatic heterocycles. The quantitative estimate of drug-likeness (QED) is 0.867. The first-order valence-electron chi connectivity index (χ1n) is 7.00. The highest BCUT2D eigenvalue weighted by Crippen LogP contribution is 2.24. The summed E-state index contributed by atoms with van der Waals surface area (Å²) in [5.74, 6) is 0. The minimum absolute atomic E-state index is 0.0891. The van der Waals surface area contributed by atoms with E-state index in [-0.39, 0.29) is 5.54 Å². The van der Waals surface area contributed by atoms with Crippen molar-refractivity contribution in [2.24, 2.45) is 0 Å². The number of nitrogens with one attached hydrogen (secondary N) is 1. The molecular formula is C16H27ClN2O. The number of hydrogen-bond donors (Lipinski definition) is 1. The van der Waals surface area contributed by atoms with E-state index in [0.717, 1.165) is 22.8 Å². The summed E-state index contributed by atoms with van der Waals surface area (Å²) in [5, 5.41) is 4.25. The average molecular weight is 299 g/mol. The van der Waals surface area contributed by atoms with Gasteiger partial charge in [0.25, 0.3) is 0 Å². The second-order valence-corrected chi connectivity index (χ2v) is 6.70. The normalized spacial score (nSPS) is 13.3. The van der Waals surface area contributed by atoms with Crippen molar-refractivity contribution < 1.29 is 4.74 Å². The van der Waals surface area contributed by atoms with Gasteiger partial charge in [0.1, 0.15) is 0 Å². The fourth-order valence-electron chi connectivity index (χ4n) is 1.87. The maximum Gasteiger partial charge on any atom is 0.0663 e. The van der Waals surface area contributed by atoms with E-state index in [2.05, 4.69) is 57.1 Å². The van der Waals surface area contributed by atoms with Gasteiger partial charge in [0.15, 0.2) is 0 Å². The molecule has 0 saturated heterocycles. The third-order valence-electron chi connectivity index (χ3n) is 3.32. The first-order valence-corrected chi connectivity index (χ1v) is 7.37. The lowest BCUT2D eigenvalue weighted by Crippen LogP contribution is -2.35. The molecule has 0 radical (unpaired) electrons. The standard InChI is InChI=1S/C16H27ClN2O/c1-12(11-20-6)19(5)14-8-7-13(15(17)9-14)10-18-16(2,3)4/h7-9,12,18H,10-11H2,1-6H3. The van der Waals surface area contributed by atoms with E-state index in [9.17, 15) is 0 Å². The van der Waals surface area contributed by atoms with Crippen LogP contribution in [-0.4, -0.2) is 32.3 Å². The lowest BCUT2D eigenvalue weighted by atomic mass is 10.1. The van der Waals surface area contributed by atoms with Gasteiger partial charge in [0, 0.05) is 43.0 Å². The third-order valence-corrected chi connectivity index (χ3v) is 3.67. The van der Waals surface area contributed by atoms with E-state index in [1.165, 1.54) is 0 Å². The molecule has 0 heterocycles. The van der Waals surface area contributed by atoms with Crippen LogP contribution in [-0.2, 0) is 11.3 Å². The van der Waals surface area contributed by atoms with Crippen molar-refractivity contribution in [3.8, 4) is 0 Å². The number of ether oxygens (including phenoxy) is 1. The monoisotopic (exact) mass is 298 g/mol. The molecule has 0 amide bonds. The number of hydrogen-bond acceptors (Lipinski definition) is 3. The van der Waals surface area contributed by atoms with Crippen molar-refractivity contribution in [3.63, 3.8) is 0 Å². The number of benzene rings is 1. The Hall–Kier alpha value is -0.770. The third kappa shape index (κ3) is 5.31. The molecule has 0 aliphatic rings. The summed E-state index contributed by atoms with van der Waals surface area (Å²) in [6.45, 7) is 10.0. The van der Waals surface area contributed by atoms with Gasteiger partial charge >= 0.3 is 0 Å². The number of nitrogens with zero attached hydrogens (tertiary/aromatic N) is 1. The molecule has 4 heteroatoms. The highest BCUT2D eigenvalue weighted by Gasteiger charge is 2.13. The van der Waals surface area contributed by atoms with Crippen molar-refractivity contribution in [3.05, 3.63) is 28.8 Å². The van der Waals surface area contributed by atoms with Gasteiger partial charge in [-0.3, -0.25) is 0 Å². The second-order valence-electron chi connectivity index (χ2n) is 6.29. The zero-order valence-corrected chi connectivity index (χ0v) is 14.2. The Morgan fingerprint density at radius 3 is 2.50 bits per heavy atom. The molecule has 0 bridgehead atoms. The molecule has 0 saturated carbocycles. The SMILES string of the molecule is COCC(C)N(C)c1ccc(CNC(C)(C)C)c(Cl)c1. The number of halogens is 1. The predicted molar refractivity (Wildman–Crippen MR) is 87.8 cm³/mol. The van der Waals surface area contributed by atoms with Gasteiger partial charge in [-0.05, 0) is 45.4 Å². The topological polar surface area (TPSA) is 24.5 Å². The molecule has 0 aliphatic carbocycles. The summed E-state index contributed by atoms with van der Waals surface area (Å²) >= 11 is 6.39. The van der Waals surface area contributed by atoms with E-state index >= 15 is 0 Å². The largest absolute Gasteiger partial charge is 0.383 e. The molecule has 1 N–H and O–H groups in total. The molecular weight excluding hydrogens is 272 g/mol. The fourth-order valence-corrected chi connectivity index (χ4v) is 2.11. The maximum atomic E-state index is 6.39. The van der Waals surface area contributed by atoms with Crippen LogP contribution < -0.4 is 10.2 Å². The summed E-state index contributed by atoms with van der Waals surface area (Å²) in [6, 6.07) is 6.53. The summed E-state index contributed by atoms with van der Waals surface area (Å²) in [6.07, 6.45) is 0. The number of anilines is 1. The van der Waals surface area contributed by atoms with Gasteiger partial charge in [0.05, 0.1) is 6.61 Å². The van der Waals surface area contributed by atoms with Crippen molar-refractivity contribution >= 4 is 17.3 Å². The lowest BCUT2D eigenvalue weighted by Gasteiger charge is -2.27. The Morgan fingerprint density at radius 1 is 1.35 bits per heavy atom. The predicted octanol–water partition coefficient (Wildman–Crippen LogP) is 3.70. The Kier molecular flexibility index (Phi) is 6.31. The fraction of sp³-hybridized carbons (Fsp3) is 0.625. The van der Waals surface area contributed by atoms with E-state index in [0.29, 0.717) is 12.6 Å². The molecule has 0 spiro atoms. The Morgan fingerprint density at radius 2 is 2.00 bits per heavy atom. The van der Waals surface area contributed by atoms with E-state index in [4.69, 9.17) is 16.3 Å². The van der Waals surface area contributed by atoms with Crippen LogP contribution in [0.25, 0.3) is 0 Å². The zero-order chi connectivity index (χ0) is 15.3. The molecule has 0 aliphatic heterocycles. The Labute approximate surface area is 128 Å². The minimum atomic E-state index is 0.0891. The highest BCUT2D eigenvalue weighted by molar-refractivity contribution is 6.31. The summed E-state index contributed by atoms with van der Waals surface area (Å²) in [4.78, 5) is 2.18. The summed E-state index contributed by atoms with van der Waals surface area (Å²) < 4.78 is 5.19. The van der Waals surface area contributed by atoms with Crippen molar-refractivity contribution in [2.45, 2.75) is 45.8 Å². The molecule has 1 unspecified atom stereocenters. The number of rotatable bonds is 6. The molecule has 20 heavy (non-hydrogen) atoms. The van der Waals surface area contributed by atoms with Crippen LogP contribution in [0.4, 0.5) is 5.69 Å². The van der Waals surface area contributed by atoms with Gasteiger partial charge in [-0.1, -0.05) is 17.7 Å². The van der Waals surface area contributed by atoms with Gasteiger partial charge in [0.2, 0.25) is 0 Å². The van der Waals surface area contributed by atoms with E-state index in [1.54, 1.807) is 7.11 Å². The van der Waals surface area contributed by atoms with Crippen LogP contribution in [0.1, 0.15) is 33.3 Å². The highest BCUT2D eigenvalue weighted by atomic mass is 35.5. The molecule has 1 rings (SSSR count). The van der Waals surface area contributed by atoms with Gasteiger partial charge in [-0.15, -0.1) is 0 Å². The van der Waals surface area contributed by atoms with Crippen molar-refractivity contribution in [1.82, 2.24) is 5.32 Å². The van der Waals surface area contributed by atoms with Crippen LogP contribution in [0, 0.1) is 0 Å². The first kappa shape index (κ1) is 17.3. The number of methoxy groups -OCH3 is 1. The molecule has 114 valence electrons. The van der Waals surface area contributed by atoms with Crippen LogP contribution >= 0.6 is 11.6 Å². The first-order chi connectivity index (χ1) is 9.24. The van der Waals surface area contributed by atoms with Crippen LogP contribution in [0.15, 0.2) is 18.2 Å². The van der Waals surface area contributed by atoms with Crippen LogP contribution in [0.3, 0.4) is 0 Å².